The molecule has 0 fully saturated rings. The Morgan fingerprint density at radius 2 is 1.69 bits per heavy atom. The zero-order chi connectivity index (χ0) is 20.6. The molecule has 0 saturated carbocycles. The lowest BCUT2D eigenvalue weighted by Gasteiger charge is -2.08. The minimum atomic E-state index is -0.480. The highest BCUT2D eigenvalue weighted by atomic mass is 32.1. The van der Waals surface area contributed by atoms with Crippen LogP contribution >= 0.6 is 11.3 Å². The Bertz CT molecular complexity index is 979. The van der Waals surface area contributed by atoms with E-state index in [0.29, 0.717) is 16.1 Å². The summed E-state index contributed by atoms with van der Waals surface area (Å²) in [6.07, 6.45) is 2.87. The summed E-state index contributed by atoms with van der Waals surface area (Å²) in [6, 6.07) is 18.7. The first-order chi connectivity index (χ1) is 14.1. The smallest absolute Gasteiger partial charge is 0.339 e. The Balaban J connectivity index is 1.57. The van der Waals surface area contributed by atoms with E-state index in [1.165, 1.54) is 24.0 Å². The Kier molecular flexibility index (Phi) is 7.03. The maximum atomic E-state index is 12.6. The van der Waals surface area contributed by atoms with E-state index >= 15 is 0 Å². The summed E-state index contributed by atoms with van der Waals surface area (Å²) in [7, 11) is 2.98. The number of nitrogens with one attached hydrogen (secondary N) is 1. The molecule has 0 saturated heterocycles. The second kappa shape index (κ2) is 9.89. The molecule has 29 heavy (non-hydrogen) atoms. The Hall–Kier alpha value is -3.12. The van der Waals surface area contributed by atoms with Crippen molar-refractivity contribution in [3.8, 4) is 5.75 Å². The van der Waals surface area contributed by atoms with Gasteiger partial charge in [-0.05, 0) is 61.2 Å². The van der Waals surface area contributed by atoms with Gasteiger partial charge in [0.2, 0.25) is 0 Å². The normalized spacial score (nSPS) is 10.4. The molecule has 6 heteroatoms. The van der Waals surface area contributed by atoms with Crippen LogP contribution in [0.5, 0.6) is 5.75 Å². The fourth-order valence-electron chi connectivity index (χ4n) is 2.96. The summed E-state index contributed by atoms with van der Waals surface area (Å²) >= 11 is 1.47. The molecule has 1 N–H and O–H groups in total. The number of hydrogen-bond donors (Lipinski definition) is 1. The first-order valence-electron chi connectivity index (χ1n) is 9.31. The number of carbonyl (C=O) groups excluding carboxylic acids is 2. The van der Waals surface area contributed by atoms with Crippen molar-refractivity contribution in [3.63, 3.8) is 0 Å². The highest BCUT2D eigenvalue weighted by molar-refractivity contribution is 7.14. The van der Waals surface area contributed by atoms with Gasteiger partial charge >= 0.3 is 5.97 Å². The fourth-order valence-corrected chi connectivity index (χ4v) is 3.90. The number of esters is 1. The van der Waals surface area contributed by atoms with Crippen LogP contribution in [0.3, 0.4) is 0 Å². The van der Waals surface area contributed by atoms with Crippen molar-refractivity contribution < 1.29 is 19.1 Å². The molecular formula is C23H23NO4S. The van der Waals surface area contributed by atoms with Crippen LogP contribution < -0.4 is 10.1 Å². The van der Waals surface area contributed by atoms with Crippen LogP contribution in [0.1, 0.15) is 36.9 Å². The molecular weight excluding hydrogens is 386 g/mol. The quantitative estimate of drug-likeness (QED) is 0.534. The zero-order valence-corrected chi connectivity index (χ0v) is 17.3. The summed E-state index contributed by atoms with van der Waals surface area (Å²) in [5, 5.41) is 2.81. The average Bonchev–Trinajstić information content (AvgIpc) is 3.23. The van der Waals surface area contributed by atoms with E-state index in [1.54, 1.807) is 31.4 Å². The van der Waals surface area contributed by atoms with Crippen molar-refractivity contribution in [2.45, 2.75) is 19.3 Å². The first kappa shape index (κ1) is 20.6. The van der Waals surface area contributed by atoms with Gasteiger partial charge in [0, 0.05) is 4.88 Å². The summed E-state index contributed by atoms with van der Waals surface area (Å²) in [5.41, 5.74) is 2.04. The summed E-state index contributed by atoms with van der Waals surface area (Å²) in [4.78, 5) is 26.2. The van der Waals surface area contributed by atoms with Crippen molar-refractivity contribution in [1.29, 1.82) is 0 Å². The van der Waals surface area contributed by atoms with Crippen LogP contribution in [0, 0.1) is 0 Å². The van der Waals surface area contributed by atoms with Crippen molar-refractivity contribution in [3.05, 3.63) is 81.5 Å². The third-order valence-corrected chi connectivity index (χ3v) is 5.66. The van der Waals surface area contributed by atoms with Gasteiger partial charge in [-0.25, -0.2) is 4.79 Å². The third kappa shape index (κ3) is 5.45. The van der Waals surface area contributed by atoms with Crippen LogP contribution in [0.15, 0.2) is 60.7 Å². The first-order valence-corrected chi connectivity index (χ1v) is 10.1. The molecule has 150 valence electrons. The topological polar surface area (TPSA) is 64.6 Å². The van der Waals surface area contributed by atoms with Gasteiger partial charge in [-0.2, -0.15) is 0 Å². The standard InChI is InChI=1S/C23H23NO4S/c1-27-17-12-10-16(11-13-17)6-5-7-18-14-15-21(29-18)22(25)24-20-9-4-3-8-19(20)23(26)28-2/h3-4,8-15H,5-7H2,1-2H3,(H,24,25). The molecule has 1 heterocycles. The molecule has 3 rings (SSSR count). The van der Waals surface area contributed by atoms with Crippen LogP contribution in [0.2, 0.25) is 0 Å². The van der Waals surface area contributed by atoms with Gasteiger partial charge in [0.05, 0.1) is 30.3 Å². The van der Waals surface area contributed by atoms with Gasteiger partial charge in [0.1, 0.15) is 5.75 Å². The molecule has 0 spiro atoms. The summed E-state index contributed by atoms with van der Waals surface area (Å²) < 4.78 is 9.94. The monoisotopic (exact) mass is 409 g/mol. The molecule has 3 aromatic rings. The maximum Gasteiger partial charge on any atom is 0.339 e. The van der Waals surface area contributed by atoms with E-state index < -0.39 is 5.97 Å². The number of thiophene rings is 1. The van der Waals surface area contributed by atoms with E-state index in [-0.39, 0.29) is 5.91 Å². The molecule has 0 aliphatic carbocycles. The lowest BCUT2D eigenvalue weighted by atomic mass is 10.1. The lowest BCUT2D eigenvalue weighted by molar-refractivity contribution is 0.0602. The minimum absolute atomic E-state index is 0.229. The SMILES string of the molecule is COC(=O)c1ccccc1NC(=O)c1ccc(CCCc2ccc(OC)cc2)s1. The van der Waals surface area contributed by atoms with Crippen molar-refractivity contribution in [1.82, 2.24) is 0 Å². The van der Waals surface area contributed by atoms with Crippen molar-refractivity contribution >= 4 is 28.9 Å². The minimum Gasteiger partial charge on any atom is -0.497 e. The number of hydrogen-bond acceptors (Lipinski definition) is 5. The lowest BCUT2D eigenvalue weighted by Crippen LogP contribution is -2.14. The van der Waals surface area contributed by atoms with Gasteiger partial charge in [-0.1, -0.05) is 24.3 Å². The van der Waals surface area contributed by atoms with Crippen LogP contribution in [0.25, 0.3) is 0 Å². The molecule has 1 aromatic heterocycles. The number of amides is 1. The Morgan fingerprint density at radius 1 is 0.931 bits per heavy atom. The van der Waals surface area contributed by atoms with Gasteiger partial charge in [0.15, 0.2) is 0 Å². The number of aryl methyl sites for hydroxylation is 2. The molecule has 1 amide bonds. The highest BCUT2D eigenvalue weighted by Crippen LogP contribution is 2.22. The van der Waals surface area contributed by atoms with Gasteiger partial charge in [-0.3, -0.25) is 4.79 Å². The second-order valence-corrected chi connectivity index (χ2v) is 7.63. The molecule has 5 nitrogen and oxygen atoms in total. The molecule has 0 unspecified atom stereocenters. The number of anilines is 1. The fraction of sp³-hybridized carbons (Fsp3) is 0.217. The number of ether oxygens (including phenoxy) is 2. The number of methoxy groups -OCH3 is 2. The van der Waals surface area contributed by atoms with Gasteiger partial charge in [-0.15, -0.1) is 11.3 Å². The largest absolute Gasteiger partial charge is 0.497 e. The summed E-state index contributed by atoms with van der Waals surface area (Å²) in [6.45, 7) is 0. The Morgan fingerprint density at radius 3 is 2.41 bits per heavy atom. The van der Waals surface area contributed by atoms with Crippen molar-refractivity contribution in [2.24, 2.45) is 0 Å². The Labute approximate surface area is 174 Å². The predicted octanol–water partition coefficient (Wildman–Crippen LogP) is 4.97. The number of para-hydroxylation sites is 1. The van der Waals surface area contributed by atoms with Crippen LogP contribution in [-0.4, -0.2) is 26.1 Å². The zero-order valence-electron chi connectivity index (χ0n) is 16.4. The molecule has 0 aliphatic rings. The number of rotatable bonds is 8. The summed E-state index contributed by atoms with van der Waals surface area (Å²) in [5.74, 6) is 0.149. The third-order valence-electron chi connectivity index (χ3n) is 4.51. The average molecular weight is 410 g/mol. The van der Waals surface area contributed by atoms with E-state index in [0.717, 1.165) is 29.9 Å². The van der Waals surface area contributed by atoms with Crippen molar-refractivity contribution in [2.75, 3.05) is 19.5 Å². The molecule has 0 radical (unpaired) electrons. The number of benzene rings is 2. The van der Waals surface area contributed by atoms with E-state index in [1.807, 2.05) is 24.3 Å². The maximum absolute atomic E-state index is 12.6. The molecule has 0 atom stereocenters. The van der Waals surface area contributed by atoms with E-state index in [4.69, 9.17) is 9.47 Å². The molecule has 2 aromatic carbocycles. The van der Waals surface area contributed by atoms with Crippen LogP contribution in [-0.2, 0) is 17.6 Å². The molecule has 0 bridgehead atoms. The number of carbonyl (C=O) groups is 2. The second-order valence-electron chi connectivity index (χ2n) is 6.46. The van der Waals surface area contributed by atoms with Gasteiger partial charge in [0.25, 0.3) is 5.91 Å². The predicted molar refractivity (Wildman–Crippen MR) is 115 cm³/mol. The van der Waals surface area contributed by atoms with Crippen LogP contribution in [0.4, 0.5) is 5.69 Å². The molecule has 0 aliphatic heterocycles. The van der Waals surface area contributed by atoms with E-state index in [9.17, 15) is 9.59 Å². The van der Waals surface area contributed by atoms with E-state index in [2.05, 4.69) is 17.4 Å². The van der Waals surface area contributed by atoms with Gasteiger partial charge < -0.3 is 14.8 Å². The highest BCUT2D eigenvalue weighted by Gasteiger charge is 2.15.